The van der Waals surface area contributed by atoms with Crippen LogP contribution in [-0.4, -0.2) is 54.2 Å². The number of morpholine rings is 1. The smallest absolute Gasteiger partial charge is 0.306 e. The first kappa shape index (κ1) is 16.2. The fraction of sp³-hybridized carbons (Fsp3) is 0.867. The standard InChI is InChI=1S/C15H26N2O4/c16-11-15(5-3-1-2-4-6-15)14(20)17-7-8-21-12(10-17)9-13(18)19/h12H,1-11,16H2,(H,18,19). The Morgan fingerprint density at radius 1 is 1.24 bits per heavy atom. The number of nitrogens with two attached hydrogens (primary N) is 1. The molecule has 0 spiro atoms. The average Bonchev–Trinajstić information content (AvgIpc) is 2.72. The number of hydrogen-bond acceptors (Lipinski definition) is 4. The summed E-state index contributed by atoms with van der Waals surface area (Å²) in [6, 6.07) is 0. The molecule has 1 unspecified atom stereocenters. The third-order valence-corrected chi connectivity index (χ3v) is 4.73. The van der Waals surface area contributed by atoms with Gasteiger partial charge in [-0.25, -0.2) is 0 Å². The predicted octanol–water partition coefficient (Wildman–Crippen LogP) is 0.988. The van der Waals surface area contributed by atoms with E-state index < -0.39 is 17.5 Å². The van der Waals surface area contributed by atoms with E-state index >= 15 is 0 Å². The lowest BCUT2D eigenvalue weighted by Crippen LogP contribution is -2.53. The predicted molar refractivity (Wildman–Crippen MR) is 77.8 cm³/mol. The summed E-state index contributed by atoms with van der Waals surface area (Å²) in [7, 11) is 0. The molecule has 21 heavy (non-hydrogen) atoms. The molecule has 0 aromatic rings. The van der Waals surface area contributed by atoms with Crippen molar-refractivity contribution in [3.05, 3.63) is 0 Å². The second-order valence-corrected chi connectivity index (χ2v) is 6.24. The van der Waals surface area contributed by atoms with E-state index in [1.54, 1.807) is 4.90 Å². The van der Waals surface area contributed by atoms with Gasteiger partial charge in [0.1, 0.15) is 0 Å². The van der Waals surface area contributed by atoms with Crippen molar-refractivity contribution in [3.8, 4) is 0 Å². The van der Waals surface area contributed by atoms with Crippen LogP contribution in [0.15, 0.2) is 0 Å². The first-order valence-electron chi connectivity index (χ1n) is 7.90. The van der Waals surface area contributed by atoms with Crippen molar-refractivity contribution >= 4 is 11.9 Å². The number of ether oxygens (including phenoxy) is 1. The Balaban J connectivity index is 2.04. The average molecular weight is 298 g/mol. The maximum atomic E-state index is 12.9. The number of carbonyl (C=O) groups is 2. The van der Waals surface area contributed by atoms with Gasteiger partial charge in [-0.2, -0.15) is 0 Å². The minimum absolute atomic E-state index is 0.0561. The van der Waals surface area contributed by atoms with Crippen molar-refractivity contribution in [3.63, 3.8) is 0 Å². The number of nitrogens with zero attached hydrogens (tertiary/aromatic N) is 1. The molecule has 120 valence electrons. The van der Waals surface area contributed by atoms with E-state index in [1.165, 1.54) is 12.8 Å². The highest BCUT2D eigenvalue weighted by molar-refractivity contribution is 5.83. The van der Waals surface area contributed by atoms with Gasteiger partial charge in [0.05, 0.1) is 24.5 Å². The highest BCUT2D eigenvalue weighted by Gasteiger charge is 2.41. The molecule has 0 aromatic carbocycles. The Kier molecular flexibility index (Phi) is 5.58. The Morgan fingerprint density at radius 2 is 1.90 bits per heavy atom. The SMILES string of the molecule is NCC1(C(=O)N2CCOC(CC(=O)O)C2)CCCCCC1. The van der Waals surface area contributed by atoms with Crippen LogP contribution in [0.25, 0.3) is 0 Å². The van der Waals surface area contributed by atoms with Gasteiger partial charge in [0.25, 0.3) is 0 Å². The summed E-state index contributed by atoms with van der Waals surface area (Å²) in [4.78, 5) is 25.5. The van der Waals surface area contributed by atoms with E-state index in [4.69, 9.17) is 15.6 Å². The van der Waals surface area contributed by atoms with Crippen molar-refractivity contribution in [1.82, 2.24) is 4.90 Å². The zero-order chi connectivity index (χ0) is 15.3. The molecule has 1 saturated carbocycles. The number of hydrogen-bond donors (Lipinski definition) is 2. The first-order chi connectivity index (χ1) is 10.1. The quantitative estimate of drug-likeness (QED) is 0.755. The van der Waals surface area contributed by atoms with Gasteiger partial charge in [-0.05, 0) is 12.8 Å². The molecule has 6 nitrogen and oxygen atoms in total. The molecule has 0 bridgehead atoms. The van der Waals surface area contributed by atoms with Gasteiger partial charge in [-0.1, -0.05) is 25.7 Å². The van der Waals surface area contributed by atoms with Gasteiger partial charge in [-0.15, -0.1) is 0 Å². The maximum absolute atomic E-state index is 12.9. The van der Waals surface area contributed by atoms with Gasteiger partial charge < -0.3 is 20.5 Å². The summed E-state index contributed by atoms with van der Waals surface area (Å²) in [5.41, 5.74) is 5.51. The van der Waals surface area contributed by atoms with Crippen LogP contribution in [-0.2, 0) is 14.3 Å². The number of rotatable bonds is 4. The van der Waals surface area contributed by atoms with Crippen LogP contribution in [0.3, 0.4) is 0 Å². The maximum Gasteiger partial charge on any atom is 0.306 e. The highest BCUT2D eigenvalue weighted by atomic mass is 16.5. The summed E-state index contributed by atoms with van der Waals surface area (Å²) in [5.74, 6) is -0.789. The molecule has 6 heteroatoms. The number of carboxylic acid groups (broad SMARTS) is 1. The Morgan fingerprint density at radius 3 is 2.48 bits per heavy atom. The minimum Gasteiger partial charge on any atom is -0.481 e. The molecular formula is C15H26N2O4. The van der Waals surface area contributed by atoms with Crippen molar-refractivity contribution < 1.29 is 19.4 Å². The molecule has 0 radical (unpaired) electrons. The molecule has 2 rings (SSSR count). The summed E-state index contributed by atoms with van der Waals surface area (Å²) in [6.45, 7) is 1.70. The molecule has 0 aromatic heterocycles. The van der Waals surface area contributed by atoms with Crippen molar-refractivity contribution in [2.45, 2.75) is 51.0 Å². The Bertz CT molecular complexity index is 378. The summed E-state index contributed by atoms with van der Waals surface area (Å²) >= 11 is 0. The van der Waals surface area contributed by atoms with Crippen LogP contribution in [0.5, 0.6) is 0 Å². The Labute approximate surface area is 125 Å². The topological polar surface area (TPSA) is 92.9 Å². The summed E-state index contributed by atoms with van der Waals surface area (Å²) in [5, 5.41) is 8.87. The third-order valence-electron chi connectivity index (χ3n) is 4.73. The van der Waals surface area contributed by atoms with Crippen LogP contribution in [0.4, 0.5) is 0 Å². The van der Waals surface area contributed by atoms with Gasteiger partial charge in [-0.3, -0.25) is 9.59 Å². The zero-order valence-corrected chi connectivity index (χ0v) is 12.6. The monoisotopic (exact) mass is 298 g/mol. The lowest BCUT2D eigenvalue weighted by Gasteiger charge is -2.39. The van der Waals surface area contributed by atoms with Crippen LogP contribution >= 0.6 is 0 Å². The van der Waals surface area contributed by atoms with E-state index in [-0.39, 0.29) is 12.3 Å². The van der Waals surface area contributed by atoms with E-state index in [1.807, 2.05) is 0 Å². The third kappa shape index (κ3) is 3.95. The number of carbonyl (C=O) groups excluding carboxylic acids is 1. The van der Waals surface area contributed by atoms with Gasteiger partial charge >= 0.3 is 5.97 Å². The van der Waals surface area contributed by atoms with Crippen molar-refractivity contribution in [2.75, 3.05) is 26.2 Å². The van der Waals surface area contributed by atoms with E-state index in [0.29, 0.717) is 26.2 Å². The molecular weight excluding hydrogens is 272 g/mol. The van der Waals surface area contributed by atoms with Crippen LogP contribution in [0, 0.1) is 5.41 Å². The normalized spacial score (nSPS) is 26.1. The molecule has 1 atom stereocenters. The second-order valence-electron chi connectivity index (χ2n) is 6.24. The molecule has 1 saturated heterocycles. The zero-order valence-electron chi connectivity index (χ0n) is 12.6. The van der Waals surface area contributed by atoms with Gasteiger partial charge in [0.15, 0.2) is 0 Å². The largest absolute Gasteiger partial charge is 0.481 e. The first-order valence-corrected chi connectivity index (χ1v) is 7.90. The molecule has 1 amide bonds. The summed E-state index contributed by atoms with van der Waals surface area (Å²) < 4.78 is 5.44. The summed E-state index contributed by atoms with van der Waals surface area (Å²) in [6.07, 6.45) is 5.67. The Hall–Kier alpha value is -1.14. The lowest BCUT2D eigenvalue weighted by molar-refractivity contribution is -0.154. The molecule has 1 aliphatic carbocycles. The highest BCUT2D eigenvalue weighted by Crippen LogP contribution is 2.36. The van der Waals surface area contributed by atoms with E-state index in [9.17, 15) is 9.59 Å². The van der Waals surface area contributed by atoms with Crippen molar-refractivity contribution in [1.29, 1.82) is 0 Å². The number of amides is 1. The van der Waals surface area contributed by atoms with Crippen molar-refractivity contribution in [2.24, 2.45) is 11.1 Å². The molecule has 1 aliphatic heterocycles. The number of aliphatic carboxylic acids is 1. The molecule has 2 aliphatic rings. The second kappa shape index (κ2) is 7.22. The van der Waals surface area contributed by atoms with Crippen LogP contribution in [0.2, 0.25) is 0 Å². The van der Waals surface area contributed by atoms with Gasteiger partial charge in [0.2, 0.25) is 5.91 Å². The van der Waals surface area contributed by atoms with E-state index in [2.05, 4.69) is 0 Å². The molecule has 3 N–H and O–H groups in total. The fourth-order valence-corrected chi connectivity index (χ4v) is 3.47. The lowest BCUT2D eigenvalue weighted by atomic mass is 9.79. The van der Waals surface area contributed by atoms with Gasteiger partial charge in [0, 0.05) is 19.6 Å². The van der Waals surface area contributed by atoms with Crippen LogP contribution in [0.1, 0.15) is 44.9 Å². The minimum atomic E-state index is -0.891. The number of carboxylic acids is 1. The fourth-order valence-electron chi connectivity index (χ4n) is 3.47. The molecule has 1 heterocycles. The molecule has 2 fully saturated rings. The van der Waals surface area contributed by atoms with E-state index in [0.717, 1.165) is 25.7 Å². The van der Waals surface area contributed by atoms with Crippen LogP contribution < -0.4 is 5.73 Å².